The highest BCUT2D eigenvalue weighted by molar-refractivity contribution is 6.04. The normalized spacial score (nSPS) is 23.3. The fourth-order valence-corrected chi connectivity index (χ4v) is 2.05. The summed E-state index contributed by atoms with van der Waals surface area (Å²) >= 11 is 0. The molecule has 0 saturated heterocycles. The summed E-state index contributed by atoms with van der Waals surface area (Å²) in [5.41, 5.74) is 1.41. The van der Waals surface area contributed by atoms with Crippen molar-refractivity contribution < 1.29 is 9.53 Å². The number of hydrogen-bond donors (Lipinski definition) is 0. The predicted octanol–water partition coefficient (Wildman–Crippen LogP) is 2.59. The van der Waals surface area contributed by atoms with Gasteiger partial charge in [-0.3, -0.25) is 4.99 Å². The van der Waals surface area contributed by atoms with Crippen molar-refractivity contribution >= 4 is 11.7 Å². The Labute approximate surface area is 102 Å². The number of benzene rings is 1. The Kier molecular flexibility index (Phi) is 3.27. The summed E-state index contributed by atoms with van der Waals surface area (Å²) in [4.78, 5) is 16.4. The van der Waals surface area contributed by atoms with Crippen molar-refractivity contribution in [1.82, 2.24) is 0 Å². The number of carbonyl (C=O) groups is 1. The molecule has 0 amide bonds. The van der Waals surface area contributed by atoms with Crippen LogP contribution in [0.4, 0.5) is 0 Å². The number of esters is 1. The van der Waals surface area contributed by atoms with E-state index in [9.17, 15) is 4.79 Å². The zero-order valence-corrected chi connectivity index (χ0v) is 10.3. The quantitative estimate of drug-likeness (QED) is 0.750. The number of aliphatic imine (C=N–C) groups is 1. The molecule has 0 aliphatic carbocycles. The summed E-state index contributed by atoms with van der Waals surface area (Å²) < 4.78 is 5.07. The molecule has 1 aliphatic rings. The van der Waals surface area contributed by atoms with Crippen LogP contribution in [0.5, 0.6) is 0 Å². The van der Waals surface area contributed by atoms with E-state index < -0.39 is 5.54 Å². The second-order valence-corrected chi connectivity index (χ2v) is 4.42. The van der Waals surface area contributed by atoms with Gasteiger partial charge in [0.25, 0.3) is 0 Å². The van der Waals surface area contributed by atoms with Crippen LogP contribution >= 0.6 is 0 Å². The monoisotopic (exact) mass is 231 g/mol. The van der Waals surface area contributed by atoms with Crippen molar-refractivity contribution in [3.63, 3.8) is 0 Å². The summed E-state index contributed by atoms with van der Waals surface area (Å²) in [5, 5.41) is 0. The van der Waals surface area contributed by atoms with Gasteiger partial charge in [-0.2, -0.15) is 0 Å². The Morgan fingerprint density at radius 3 is 2.76 bits per heavy atom. The fraction of sp³-hybridized carbons (Fsp3) is 0.429. The highest BCUT2D eigenvalue weighted by atomic mass is 16.5. The van der Waals surface area contributed by atoms with Crippen molar-refractivity contribution in [2.24, 2.45) is 4.99 Å². The van der Waals surface area contributed by atoms with E-state index in [4.69, 9.17) is 4.74 Å². The lowest BCUT2D eigenvalue weighted by molar-refractivity contribution is -0.148. The molecule has 1 aromatic carbocycles. The molecule has 0 saturated carbocycles. The zero-order valence-electron chi connectivity index (χ0n) is 10.3. The van der Waals surface area contributed by atoms with Crippen molar-refractivity contribution in [3.05, 3.63) is 35.9 Å². The van der Waals surface area contributed by atoms with E-state index >= 15 is 0 Å². The minimum atomic E-state index is -0.693. The molecule has 2 rings (SSSR count). The van der Waals surface area contributed by atoms with Gasteiger partial charge in [-0.1, -0.05) is 30.3 Å². The van der Waals surface area contributed by atoms with Crippen LogP contribution in [0, 0.1) is 0 Å². The molecule has 0 spiro atoms. The first-order chi connectivity index (χ1) is 8.15. The first-order valence-corrected chi connectivity index (χ1v) is 5.97. The van der Waals surface area contributed by atoms with Crippen molar-refractivity contribution in [3.8, 4) is 0 Å². The topological polar surface area (TPSA) is 38.7 Å². The highest BCUT2D eigenvalue weighted by Gasteiger charge is 2.38. The van der Waals surface area contributed by atoms with Crippen molar-refractivity contribution in [1.29, 1.82) is 0 Å². The van der Waals surface area contributed by atoms with E-state index in [0.29, 0.717) is 6.61 Å². The minimum absolute atomic E-state index is 0.217. The Morgan fingerprint density at radius 2 is 2.12 bits per heavy atom. The van der Waals surface area contributed by atoms with Crippen LogP contribution in [0.3, 0.4) is 0 Å². The van der Waals surface area contributed by atoms with Gasteiger partial charge in [0.1, 0.15) is 0 Å². The Balaban J connectivity index is 2.21. The molecule has 17 heavy (non-hydrogen) atoms. The SMILES string of the molecule is CCOC(=O)[C@]1(C)CCC(c2ccccc2)=N1. The molecule has 1 aromatic rings. The molecule has 3 nitrogen and oxygen atoms in total. The second-order valence-electron chi connectivity index (χ2n) is 4.42. The van der Waals surface area contributed by atoms with Crippen LogP contribution in [-0.4, -0.2) is 23.8 Å². The first-order valence-electron chi connectivity index (χ1n) is 5.97. The van der Waals surface area contributed by atoms with Crippen LogP contribution in [0.2, 0.25) is 0 Å². The van der Waals surface area contributed by atoms with Crippen LogP contribution in [0.25, 0.3) is 0 Å². The summed E-state index contributed by atoms with van der Waals surface area (Å²) in [6.45, 7) is 4.07. The number of nitrogens with zero attached hydrogens (tertiary/aromatic N) is 1. The van der Waals surface area contributed by atoms with Crippen LogP contribution in [0.15, 0.2) is 35.3 Å². The van der Waals surface area contributed by atoms with Gasteiger partial charge < -0.3 is 4.74 Å². The maximum atomic E-state index is 11.8. The van der Waals surface area contributed by atoms with E-state index in [2.05, 4.69) is 4.99 Å². The molecule has 0 unspecified atom stereocenters. The van der Waals surface area contributed by atoms with E-state index in [1.165, 1.54) is 0 Å². The van der Waals surface area contributed by atoms with Gasteiger partial charge in [-0.05, 0) is 32.3 Å². The molecule has 0 bridgehead atoms. The van der Waals surface area contributed by atoms with Crippen LogP contribution < -0.4 is 0 Å². The van der Waals surface area contributed by atoms with E-state index in [-0.39, 0.29) is 5.97 Å². The minimum Gasteiger partial charge on any atom is -0.464 e. The molecule has 1 heterocycles. The average Bonchev–Trinajstić information content (AvgIpc) is 2.75. The summed E-state index contributed by atoms with van der Waals surface area (Å²) in [6.07, 6.45) is 1.56. The van der Waals surface area contributed by atoms with Gasteiger partial charge in [0.2, 0.25) is 0 Å². The largest absolute Gasteiger partial charge is 0.464 e. The molecular formula is C14H17NO2. The molecule has 0 N–H and O–H groups in total. The van der Waals surface area contributed by atoms with Gasteiger partial charge in [0, 0.05) is 5.71 Å². The molecule has 1 atom stereocenters. The smallest absolute Gasteiger partial charge is 0.333 e. The van der Waals surface area contributed by atoms with Gasteiger partial charge in [0.15, 0.2) is 5.54 Å². The lowest BCUT2D eigenvalue weighted by Gasteiger charge is -2.17. The van der Waals surface area contributed by atoms with Gasteiger partial charge in [-0.15, -0.1) is 0 Å². The van der Waals surface area contributed by atoms with E-state index in [1.807, 2.05) is 44.2 Å². The number of hydrogen-bond acceptors (Lipinski definition) is 3. The Hall–Kier alpha value is -1.64. The fourth-order valence-electron chi connectivity index (χ4n) is 2.05. The summed E-state index contributed by atoms with van der Waals surface area (Å²) in [7, 11) is 0. The maximum absolute atomic E-state index is 11.8. The second kappa shape index (κ2) is 4.70. The lowest BCUT2D eigenvalue weighted by Crippen LogP contribution is -2.32. The molecule has 1 aliphatic heterocycles. The van der Waals surface area contributed by atoms with Gasteiger partial charge in [-0.25, -0.2) is 4.79 Å². The number of ether oxygens (including phenoxy) is 1. The molecule has 90 valence electrons. The van der Waals surface area contributed by atoms with Crippen LogP contribution in [0.1, 0.15) is 32.3 Å². The standard InChI is InChI=1S/C14H17NO2/c1-3-17-13(16)14(2)10-9-12(15-14)11-7-5-4-6-8-11/h4-8H,3,9-10H2,1-2H3/t14-/m0/s1. The summed E-state index contributed by atoms with van der Waals surface area (Å²) in [6, 6.07) is 9.99. The van der Waals surface area contributed by atoms with Crippen LogP contribution in [-0.2, 0) is 9.53 Å². The average molecular weight is 231 g/mol. The Morgan fingerprint density at radius 1 is 1.41 bits per heavy atom. The van der Waals surface area contributed by atoms with Crippen molar-refractivity contribution in [2.45, 2.75) is 32.2 Å². The van der Waals surface area contributed by atoms with Crippen molar-refractivity contribution in [2.75, 3.05) is 6.61 Å². The first kappa shape index (κ1) is 11.8. The molecule has 0 radical (unpaired) electrons. The van der Waals surface area contributed by atoms with Gasteiger partial charge in [0.05, 0.1) is 6.61 Å². The third-order valence-corrected chi connectivity index (χ3v) is 3.05. The molecule has 3 heteroatoms. The lowest BCUT2D eigenvalue weighted by atomic mass is 9.99. The van der Waals surface area contributed by atoms with Gasteiger partial charge >= 0.3 is 5.97 Å². The maximum Gasteiger partial charge on any atom is 0.333 e. The molecular weight excluding hydrogens is 214 g/mol. The third-order valence-electron chi connectivity index (χ3n) is 3.05. The summed E-state index contributed by atoms with van der Waals surface area (Å²) in [5.74, 6) is -0.217. The molecule has 0 fully saturated rings. The zero-order chi connectivity index (χ0) is 12.3. The third kappa shape index (κ3) is 2.38. The molecule has 0 aromatic heterocycles. The number of carbonyl (C=O) groups excluding carboxylic acids is 1. The highest BCUT2D eigenvalue weighted by Crippen LogP contribution is 2.29. The predicted molar refractivity (Wildman–Crippen MR) is 67.3 cm³/mol. The Bertz CT molecular complexity index is 439. The number of rotatable bonds is 3. The van der Waals surface area contributed by atoms with E-state index in [1.54, 1.807) is 0 Å². The van der Waals surface area contributed by atoms with E-state index in [0.717, 1.165) is 24.1 Å².